The molecular weight excluding hydrogens is 473 g/mol. The monoisotopic (exact) mass is 513 g/mol. The maximum Gasteiger partial charge on any atom is 0.286 e. The van der Waals surface area contributed by atoms with Crippen LogP contribution in [-0.4, -0.2) is 12.8 Å². The van der Waals surface area contributed by atoms with Crippen molar-refractivity contribution in [1.82, 2.24) is 5.32 Å². The number of nitrogens with zero attached hydrogens (tertiary/aromatic N) is 1. The van der Waals surface area contributed by atoms with Gasteiger partial charge < -0.3 is 9.15 Å². The van der Waals surface area contributed by atoms with Gasteiger partial charge in [-0.2, -0.15) is 5.26 Å². The molecule has 1 aromatic heterocycles. The zero-order valence-electron chi connectivity index (χ0n) is 17.6. The third-order valence-electron chi connectivity index (χ3n) is 4.03. The third-order valence-corrected chi connectivity index (χ3v) is 4.03. The molecule has 0 unspecified atom stereocenters. The van der Waals surface area contributed by atoms with Crippen molar-refractivity contribution < 1.29 is 41.9 Å². The van der Waals surface area contributed by atoms with Gasteiger partial charge in [-0.25, -0.2) is 0 Å². The number of nitrogens with one attached hydrogen (secondary N) is 1. The second-order valence-electron chi connectivity index (χ2n) is 7.02. The first-order valence-corrected chi connectivity index (χ1v) is 9.51. The van der Waals surface area contributed by atoms with Crippen LogP contribution in [0, 0.1) is 11.3 Å². The molecule has 0 aliphatic rings. The van der Waals surface area contributed by atoms with Gasteiger partial charge in [0.1, 0.15) is 12.5 Å². The van der Waals surface area contributed by atoms with Crippen LogP contribution in [0.2, 0.25) is 0 Å². The maximum absolute atomic E-state index is 8.59. The largest absolute Gasteiger partial charge is 0.449 e. The van der Waals surface area contributed by atoms with Gasteiger partial charge in [0.2, 0.25) is 0 Å². The van der Waals surface area contributed by atoms with E-state index in [-0.39, 0.29) is 55.0 Å². The summed E-state index contributed by atoms with van der Waals surface area (Å²) in [6.45, 7) is 8.84. The molecule has 0 amide bonds. The molecule has 0 bridgehead atoms. The quantitative estimate of drug-likeness (QED) is 0.341. The number of benzene rings is 2. The number of hydrogen-bond donors (Lipinski definition) is 1. The fourth-order valence-electron chi connectivity index (χ4n) is 2.40. The van der Waals surface area contributed by atoms with E-state index in [0.717, 1.165) is 16.9 Å². The van der Waals surface area contributed by atoms with E-state index in [9.17, 15) is 0 Å². The maximum atomic E-state index is 8.59. The van der Waals surface area contributed by atoms with E-state index in [1.807, 2.05) is 66.7 Å². The van der Waals surface area contributed by atoms with E-state index in [0.29, 0.717) is 24.6 Å². The molecule has 4 nitrogen and oxygen atoms in total. The molecule has 32 heavy (non-hydrogen) atoms. The zero-order valence-corrected chi connectivity index (χ0v) is 20.4. The van der Waals surface area contributed by atoms with Crippen LogP contribution in [0.4, 0.5) is 0 Å². The average molecular weight is 514 g/mol. The second-order valence-corrected chi connectivity index (χ2v) is 7.02. The normalized spacial score (nSPS) is 9.03. The molecule has 2 aromatic carbocycles. The summed E-state index contributed by atoms with van der Waals surface area (Å²) in [6.07, 6.45) is 0. The fourth-order valence-corrected chi connectivity index (χ4v) is 2.40. The minimum Gasteiger partial charge on any atom is -0.449 e. The van der Waals surface area contributed by atoms with Crippen LogP contribution in [0.15, 0.2) is 71.1 Å². The van der Waals surface area contributed by atoms with Gasteiger partial charge in [-0.3, -0.25) is 5.32 Å². The zero-order chi connectivity index (χ0) is 20.4. The number of nitriles is 1. The van der Waals surface area contributed by atoms with Gasteiger partial charge in [-0.1, -0.05) is 78.6 Å². The SMILES string of the molecule is C.C.C.CC(C)NCOc1ccc(-c2ccccc2)o1.CC(C)c1cccc(C#N)c1.[Y]. The molecule has 0 saturated heterocycles. The van der Waals surface area contributed by atoms with Crippen molar-refractivity contribution >= 4 is 0 Å². The van der Waals surface area contributed by atoms with E-state index < -0.39 is 0 Å². The third kappa shape index (κ3) is 12.2. The van der Waals surface area contributed by atoms with Gasteiger partial charge >= 0.3 is 0 Å². The first-order chi connectivity index (χ1) is 13.5. The Morgan fingerprint density at radius 2 is 1.56 bits per heavy atom. The Hall–Kier alpha value is -1.93. The molecule has 0 spiro atoms. The number of furan rings is 1. The van der Waals surface area contributed by atoms with E-state index in [1.165, 1.54) is 5.56 Å². The van der Waals surface area contributed by atoms with Crippen molar-refractivity contribution in [2.75, 3.05) is 6.73 Å². The van der Waals surface area contributed by atoms with Crippen LogP contribution in [-0.2, 0) is 32.7 Å². The van der Waals surface area contributed by atoms with E-state index >= 15 is 0 Å². The smallest absolute Gasteiger partial charge is 0.286 e. The molecule has 1 heterocycles. The molecular formula is C27H40N2O2Y. The predicted molar refractivity (Wildman–Crippen MR) is 133 cm³/mol. The van der Waals surface area contributed by atoms with Crippen molar-refractivity contribution in [2.45, 2.75) is 61.9 Å². The first kappa shape index (κ1) is 34.7. The van der Waals surface area contributed by atoms with Gasteiger partial charge in [0.15, 0.2) is 0 Å². The molecule has 1 N–H and O–H groups in total. The summed E-state index contributed by atoms with van der Waals surface area (Å²) in [4.78, 5) is 0. The molecule has 0 atom stereocenters. The van der Waals surface area contributed by atoms with Gasteiger partial charge in [0.05, 0.1) is 11.6 Å². The molecule has 3 rings (SSSR count). The Morgan fingerprint density at radius 1 is 0.906 bits per heavy atom. The van der Waals surface area contributed by atoms with Crippen molar-refractivity contribution in [2.24, 2.45) is 0 Å². The van der Waals surface area contributed by atoms with Gasteiger partial charge in [-0.05, 0) is 43.5 Å². The molecule has 1 radical (unpaired) electrons. The van der Waals surface area contributed by atoms with E-state index in [4.69, 9.17) is 14.4 Å². The van der Waals surface area contributed by atoms with Crippen LogP contribution < -0.4 is 10.1 Å². The number of rotatable bonds is 6. The van der Waals surface area contributed by atoms with E-state index in [2.05, 4.69) is 39.1 Å². The van der Waals surface area contributed by atoms with Gasteiger partial charge in [0, 0.05) is 50.4 Å². The summed E-state index contributed by atoms with van der Waals surface area (Å²) in [5.41, 5.74) is 3.03. The molecule has 5 heteroatoms. The number of ether oxygens (including phenoxy) is 1. The standard InChI is InChI=1S/C14H17NO2.C10H11N.3CH4.Y/c1-11(2)15-10-16-14-9-8-13(17-14)12-6-4-3-5-7-12;1-8(2)10-5-3-4-9(6-10)7-11;;;;/h3-9,11,15H,10H2,1-2H3;3-6,8H,1-2H3;3*1H4;. The summed E-state index contributed by atoms with van der Waals surface area (Å²) in [7, 11) is 0. The molecule has 0 saturated carbocycles. The summed E-state index contributed by atoms with van der Waals surface area (Å²) in [5, 5.41) is 11.8. The summed E-state index contributed by atoms with van der Waals surface area (Å²) >= 11 is 0. The van der Waals surface area contributed by atoms with Crippen LogP contribution in [0.25, 0.3) is 11.3 Å². The molecule has 3 aromatic rings. The van der Waals surface area contributed by atoms with E-state index in [1.54, 1.807) is 0 Å². The number of hydrogen-bond acceptors (Lipinski definition) is 4. The van der Waals surface area contributed by atoms with Crippen LogP contribution >= 0.6 is 0 Å². The minimum absolute atomic E-state index is 0. The Balaban J connectivity index is -0.000000500. The average Bonchev–Trinajstić information content (AvgIpc) is 3.18. The Morgan fingerprint density at radius 3 is 2.12 bits per heavy atom. The summed E-state index contributed by atoms with van der Waals surface area (Å²) in [5.74, 6) is 1.87. The van der Waals surface area contributed by atoms with Gasteiger partial charge in [-0.15, -0.1) is 0 Å². The van der Waals surface area contributed by atoms with Crippen molar-refractivity contribution in [1.29, 1.82) is 5.26 Å². The molecule has 173 valence electrons. The van der Waals surface area contributed by atoms with Crippen LogP contribution in [0.1, 0.15) is 67.0 Å². The predicted octanol–water partition coefficient (Wildman–Crippen LogP) is 7.87. The van der Waals surface area contributed by atoms with Crippen molar-refractivity contribution in [3.63, 3.8) is 0 Å². The fraction of sp³-hybridized carbons (Fsp3) is 0.370. The van der Waals surface area contributed by atoms with Crippen molar-refractivity contribution in [3.8, 4) is 23.3 Å². The molecule has 0 fully saturated rings. The Bertz CT molecular complexity index is 884. The Labute approximate surface area is 221 Å². The topological polar surface area (TPSA) is 58.2 Å². The molecule has 0 aliphatic carbocycles. The Kier molecular flexibility index (Phi) is 20.2. The molecule has 0 aliphatic heterocycles. The van der Waals surface area contributed by atoms with Crippen LogP contribution in [0.5, 0.6) is 5.95 Å². The summed E-state index contributed by atoms with van der Waals surface area (Å²) in [6, 6.07) is 24.0. The van der Waals surface area contributed by atoms with Gasteiger partial charge in [0.25, 0.3) is 5.95 Å². The first-order valence-electron chi connectivity index (χ1n) is 9.51. The van der Waals surface area contributed by atoms with Crippen molar-refractivity contribution in [3.05, 3.63) is 77.9 Å². The van der Waals surface area contributed by atoms with Crippen LogP contribution in [0.3, 0.4) is 0 Å². The second kappa shape index (κ2) is 18.6. The minimum atomic E-state index is 0. The summed E-state index contributed by atoms with van der Waals surface area (Å²) < 4.78 is 11.0.